The van der Waals surface area contributed by atoms with E-state index in [-0.39, 0.29) is 11.3 Å². The van der Waals surface area contributed by atoms with Gasteiger partial charge in [0.25, 0.3) is 0 Å². The minimum Gasteiger partial charge on any atom is -0.507 e. The molecular formula is C9H9O3. The molecule has 0 aliphatic carbocycles. The van der Waals surface area contributed by atoms with E-state index in [4.69, 9.17) is 0 Å². The first kappa shape index (κ1) is 8.59. The van der Waals surface area contributed by atoms with E-state index in [2.05, 4.69) is 0 Å². The van der Waals surface area contributed by atoms with Gasteiger partial charge < -0.3 is 5.11 Å². The number of phenols is 1. The van der Waals surface area contributed by atoms with Gasteiger partial charge in [0.15, 0.2) is 0 Å². The third-order valence-electron chi connectivity index (χ3n) is 1.73. The van der Waals surface area contributed by atoms with Crippen molar-refractivity contribution in [3.8, 4) is 5.75 Å². The summed E-state index contributed by atoms with van der Waals surface area (Å²) in [4.78, 5) is 10.4. The molecule has 63 valence electrons. The van der Waals surface area contributed by atoms with Crippen LogP contribution in [0.15, 0.2) is 12.1 Å². The molecule has 0 aliphatic heterocycles. The molecule has 0 fully saturated rings. The summed E-state index contributed by atoms with van der Waals surface area (Å²) in [5, 5.41) is 19.7. The third-order valence-corrected chi connectivity index (χ3v) is 1.73. The number of benzene rings is 1. The second-order valence-electron chi connectivity index (χ2n) is 2.75. The summed E-state index contributed by atoms with van der Waals surface area (Å²) < 4.78 is 0. The zero-order valence-corrected chi connectivity index (χ0v) is 6.92. The number of aromatic hydroxyl groups is 1. The van der Waals surface area contributed by atoms with E-state index >= 15 is 0 Å². The molecule has 0 bridgehead atoms. The number of hydrogen-bond acceptors (Lipinski definition) is 2. The summed E-state index contributed by atoms with van der Waals surface area (Å²) in [5.41, 5.74) is 1.20. The van der Waals surface area contributed by atoms with Crippen molar-refractivity contribution in [2.45, 2.75) is 13.8 Å². The Labute approximate surface area is 70.3 Å². The fourth-order valence-electron chi connectivity index (χ4n) is 1.07. The molecule has 0 saturated heterocycles. The Bertz CT molecular complexity index is 306. The second-order valence-corrected chi connectivity index (χ2v) is 2.75. The molecule has 0 aromatic heterocycles. The molecule has 1 aromatic rings. The van der Waals surface area contributed by atoms with Crippen molar-refractivity contribution < 1.29 is 15.0 Å². The Morgan fingerprint density at radius 2 is 1.67 bits per heavy atom. The summed E-state index contributed by atoms with van der Waals surface area (Å²) in [7, 11) is 0. The topological polar surface area (TPSA) is 57.2 Å². The highest BCUT2D eigenvalue weighted by atomic mass is 16.4. The van der Waals surface area contributed by atoms with Crippen LogP contribution in [0, 0.1) is 13.8 Å². The lowest BCUT2D eigenvalue weighted by atomic mass is 10.1. The number of carbonyl (C=O) groups excluding carboxylic acids is 1. The molecule has 0 unspecified atom stereocenters. The second kappa shape index (κ2) is 2.85. The van der Waals surface area contributed by atoms with E-state index in [0.29, 0.717) is 11.1 Å². The molecule has 1 N–H and O–H groups in total. The Morgan fingerprint density at radius 1 is 1.25 bits per heavy atom. The van der Waals surface area contributed by atoms with Gasteiger partial charge in [-0.1, -0.05) is 0 Å². The van der Waals surface area contributed by atoms with Gasteiger partial charge in [-0.15, -0.1) is 0 Å². The smallest absolute Gasteiger partial charge is 0.386 e. The molecule has 0 heterocycles. The quantitative estimate of drug-likeness (QED) is 0.686. The maximum Gasteiger partial charge on any atom is 0.386 e. The zero-order chi connectivity index (χ0) is 9.30. The summed E-state index contributed by atoms with van der Waals surface area (Å²) in [6.45, 7) is 3.30. The number of rotatable bonds is 1. The summed E-state index contributed by atoms with van der Waals surface area (Å²) >= 11 is 0. The fraction of sp³-hybridized carbons (Fsp3) is 0.222. The average Bonchev–Trinajstić information content (AvgIpc) is 1.99. The van der Waals surface area contributed by atoms with Gasteiger partial charge in [-0.3, -0.25) is 0 Å². The molecule has 12 heavy (non-hydrogen) atoms. The van der Waals surface area contributed by atoms with E-state index in [9.17, 15) is 15.0 Å². The standard InChI is InChI=1S/C9H9O3/c1-5-3-7(9(11)12)4-6(2)8(5)10/h3-4,10H,1-2H3. The highest BCUT2D eigenvalue weighted by molar-refractivity contribution is 5.88. The molecule has 0 aliphatic rings. The van der Waals surface area contributed by atoms with E-state index in [1.807, 2.05) is 0 Å². The normalized spacial score (nSPS) is 9.83. The number of carbonyl (C=O) groups is 1. The zero-order valence-electron chi connectivity index (χ0n) is 6.92. The molecular weight excluding hydrogens is 156 g/mol. The lowest BCUT2D eigenvalue weighted by Gasteiger charge is -2.03. The first-order valence-corrected chi connectivity index (χ1v) is 3.54. The van der Waals surface area contributed by atoms with Crippen molar-refractivity contribution in [3.63, 3.8) is 0 Å². The maximum atomic E-state index is 10.4. The van der Waals surface area contributed by atoms with Crippen molar-refractivity contribution in [3.05, 3.63) is 28.8 Å². The van der Waals surface area contributed by atoms with Crippen molar-refractivity contribution in [1.82, 2.24) is 0 Å². The van der Waals surface area contributed by atoms with E-state index in [0.717, 1.165) is 0 Å². The van der Waals surface area contributed by atoms with Gasteiger partial charge in [-0.25, -0.2) is 9.90 Å². The minimum absolute atomic E-state index is 0.0998. The van der Waals surface area contributed by atoms with Crippen molar-refractivity contribution >= 4 is 5.97 Å². The van der Waals surface area contributed by atoms with Crippen molar-refractivity contribution in [1.29, 1.82) is 0 Å². The lowest BCUT2D eigenvalue weighted by Crippen LogP contribution is -1.95. The lowest BCUT2D eigenvalue weighted by molar-refractivity contribution is 0.0573. The molecule has 3 nitrogen and oxygen atoms in total. The van der Waals surface area contributed by atoms with Crippen LogP contribution in [0.25, 0.3) is 0 Å². The first-order chi connectivity index (χ1) is 5.52. The molecule has 1 aromatic carbocycles. The van der Waals surface area contributed by atoms with Crippen molar-refractivity contribution in [2.75, 3.05) is 0 Å². The van der Waals surface area contributed by atoms with Crippen LogP contribution in [-0.4, -0.2) is 11.1 Å². The number of aryl methyl sites for hydroxylation is 2. The van der Waals surface area contributed by atoms with Crippen LogP contribution in [-0.2, 0) is 5.11 Å². The highest BCUT2D eigenvalue weighted by Gasteiger charge is 2.09. The number of phenolic OH excluding ortho intramolecular Hbond substituents is 1. The van der Waals surface area contributed by atoms with Gasteiger partial charge >= 0.3 is 5.97 Å². The Hall–Kier alpha value is -1.51. The van der Waals surface area contributed by atoms with Crippen LogP contribution in [0.5, 0.6) is 5.75 Å². The maximum absolute atomic E-state index is 10.4. The van der Waals surface area contributed by atoms with E-state index in [1.165, 1.54) is 12.1 Å². The fourth-order valence-corrected chi connectivity index (χ4v) is 1.07. The summed E-state index contributed by atoms with van der Waals surface area (Å²) in [6.07, 6.45) is 0. The van der Waals surface area contributed by atoms with Crippen LogP contribution in [0.3, 0.4) is 0 Å². The SMILES string of the molecule is Cc1cc(C([O])=O)cc(C)c1O. The monoisotopic (exact) mass is 165 g/mol. The van der Waals surface area contributed by atoms with E-state index in [1.54, 1.807) is 13.8 Å². The van der Waals surface area contributed by atoms with Gasteiger partial charge in [-0.05, 0) is 37.1 Å². The molecule has 0 saturated carbocycles. The van der Waals surface area contributed by atoms with Crippen LogP contribution >= 0.6 is 0 Å². The van der Waals surface area contributed by atoms with Crippen LogP contribution in [0.4, 0.5) is 0 Å². The van der Waals surface area contributed by atoms with Crippen molar-refractivity contribution in [2.24, 2.45) is 0 Å². The van der Waals surface area contributed by atoms with Gasteiger partial charge in [0.2, 0.25) is 0 Å². The van der Waals surface area contributed by atoms with E-state index < -0.39 is 5.97 Å². The Morgan fingerprint density at radius 3 is 2.00 bits per heavy atom. The summed E-state index contributed by atoms with van der Waals surface area (Å²) in [5.74, 6) is -1.08. The Balaban J connectivity index is 3.31. The Kier molecular flexibility index (Phi) is 2.04. The molecule has 1 rings (SSSR count). The van der Waals surface area contributed by atoms with Crippen LogP contribution in [0.1, 0.15) is 21.5 Å². The predicted molar refractivity (Wildman–Crippen MR) is 42.6 cm³/mol. The van der Waals surface area contributed by atoms with Gasteiger partial charge in [0, 0.05) is 0 Å². The first-order valence-electron chi connectivity index (χ1n) is 3.54. The molecule has 0 amide bonds. The molecule has 3 heteroatoms. The predicted octanol–water partition coefficient (Wildman–Crippen LogP) is 1.58. The average molecular weight is 165 g/mol. The molecule has 0 atom stereocenters. The third kappa shape index (κ3) is 1.39. The van der Waals surface area contributed by atoms with Gasteiger partial charge in [-0.2, -0.15) is 0 Å². The van der Waals surface area contributed by atoms with Gasteiger partial charge in [0.05, 0.1) is 5.56 Å². The molecule has 1 radical (unpaired) electrons. The highest BCUT2D eigenvalue weighted by Crippen LogP contribution is 2.22. The number of hydrogen-bond donors (Lipinski definition) is 1. The minimum atomic E-state index is -1.22. The van der Waals surface area contributed by atoms with Crippen LogP contribution < -0.4 is 0 Å². The largest absolute Gasteiger partial charge is 0.507 e. The summed E-state index contributed by atoms with van der Waals surface area (Å²) in [6, 6.07) is 2.77. The van der Waals surface area contributed by atoms with Gasteiger partial charge in [0.1, 0.15) is 5.75 Å². The molecule has 0 spiro atoms. The van der Waals surface area contributed by atoms with Crippen LogP contribution in [0.2, 0.25) is 0 Å².